The third-order valence-corrected chi connectivity index (χ3v) is 4.45. The molecule has 3 heteroatoms. The molecule has 1 N–H and O–H groups in total. The van der Waals surface area contributed by atoms with E-state index in [1.165, 1.54) is 10.9 Å². The van der Waals surface area contributed by atoms with Crippen LogP contribution in [0.4, 0.5) is 4.39 Å². The van der Waals surface area contributed by atoms with Gasteiger partial charge in [0.15, 0.2) is 0 Å². The molecule has 1 nitrogen and oxygen atoms in total. The van der Waals surface area contributed by atoms with Gasteiger partial charge in [-0.2, -0.15) is 0 Å². The van der Waals surface area contributed by atoms with Crippen LogP contribution in [0.2, 0.25) is 0 Å². The van der Waals surface area contributed by atoms with E-state index in [1.807, 2.05) is 6.07 Å². The van der Waals surface area contributed by atoms with Gasteiger partial charge >= 0.3 is 0 Å². The molecule has 0 spiro atoms. The van der Waals surface area contributed by atoms with Crippen molar-refractivity contribution in [3.63, 3.8) is 0 Å². The van der Waals surface area contributed by atoms with E-state index in [-0.39, 0.29) is 11.9 Å². The highest BCUT2D eigenvalue weighted by Crippen LogP contribution is 2.24. The molecule has 2 aromatic rings. The van der Waals surface area contributed by atoms with Crippen LogP contribution in [0.5, 0.6) is 0 Å². The fourth-order valence-electron chi connectivity index (χ4n) is 2.41. The van der Waals surface area contributed by atoms with Crippen LogP contribution in [0.1, 0.15) is 41.8 Å². The maximum atomic E-state index is 13.5. The summed E-state index contributed by atoms with van der Waals surface area (Å²) >= 11 is 1.79. The molecule has 1 unspecified atom stereocenters. The number of rotatable bonds is 7. The SMILES string of the molecule is CCCNC(CCc1cccs1)c1cc(F)ccc1C. The molecule has 0 aliphatic heterocycles. The van der Waals surface area contributed by atoms with E-state index in [0.29, 0.717) is 0 Å². The number of nitrogens with one attached hydrogen (secondary N) is 1. The van der Waals surface area contributed by atoms with Gasteiger partial charge in [0.05, 0.1) is 0 Å². The Labute approximate surface area is 124 Å². The Morgan fingerprint density at radius 3 is 2.85 bits per heavy atom. The molecule has 0 saturated heterocycles. The minimum absolute atomic E-state index is 0.148. The van der Waals surface area contributed by atoms with Crippen LogP contribution in [-0.2, 0) is 6.42 Å². The maximum absolute atomic E-state index is 13.5. The van der Waals surface area contributed by atoms with Crippen LogP contribution in [0.25, 0.3) is 0 Å². The van der Waals surface area contributed by atoms with Crippen molar-refractivity contribution in [2.75, 3.05) is 6.54 Å². The Balaban J connectivity index is 2.11. The third-order valence-electron chi connectivity index (χ3n) is 3.52. The molecule has 0 amide bonds. The Bertz CT molecular complexity index is 522. The van der Waals surface area contributed by atoms with Gasteiger partial charge in [0.2, 0.25) is 0 Å². The van der Waals surface area contributed by atoms with Gasteiger partial charge in [0.25, 0.3) is 0 Å². The minimum atomic E-state index is -0.148. The zero-order valence-corrected chi connectivity index (χ0v) is 13.0. The zero-order valence-electron chi connectivity index (χ0n) is 12.2. The van der Waals surface area contributed by atoms with Gasteiger partial charge in [-0.25, -0.2) is 4.39 Å². The summed E-state index contributed by atoms with van der Waals surface area (Å²) < 4.78 is 13.5. The van der Waals surface area contributed by atoms with E-state index in [4.69, 9.17) is 0 Å². The molecule has 108 valence electrons. The molecular formula is C17H22FNS. The summed E-state index contributed by atoms with van der Waals surface area (Å²) in [4.78, 5) is 1.39. The average molecular weight is 291 g/mol. The average Bonchev–Trinajstić information content (AvgIpc) is 2.95. The normalized spacial score (nSPS) is 12.6. The van der Waals surface area contributed by atoms with Crippen LogP contribution in [-0.4, -0.2) is 6.54 Å². The first-order valence-electron chi connectivity index (χ1n) is 7.22. The van der Waals surface area contributed by atoms with Crippen LogP contribution in [0, 0.1) is 12.7 Å². The van der Waals surface area contributed by atoms with Crippen molar-refractivity contribution in [3.8, 4) is 0 Å². The largest absolute Gasteiger partial charge is 0.310 e. The van der Waals surface area contributed by atoms with Crippen molar-refractivity contribution in [1.29, 1.82) is 0 Å². The lowest BCUT2D eigenvalue weighted by atomic mass is 9.97. The van der Waals surface area contributed by atoms with Gasteiger partial charge in [-0.05, 0) is 67.4 Å². The first-order chi connectivity index (χ1) is 9.70. The molecule has 0 bridgehead atoms. The summed E-state index contributed by atoms with van der Waals surface area (Å²) in [6.07, 6.45) is 3.13. The van der Waals surface area contributed by atoms with Gasteiger partial charge in [-0.1, -0.05) is 19.1 Å². The first-order valence-corrected chi connectivity index (χ1v) is 8.10. The van der Waals surface area contributed by atoms with Crippen molar-refractivity contribution in [3.05, 3.63) is 57.5 Å². The van der Waals surface area contributed by atoms with E-state index in [9.17, 15) is 4.39 Å². The summed E-state index contributed by atoms with van der Waals surface area (Å²) in [5, 5.41) is 5.66. The molecule has 1 aromatic heterocycles. The Hall–Kier alpha value is -1.19. The molecular weight excluding hydrogens is 269 g/mol. The second-order valence-electron chi connectivity index (χ2n) is 5.13. The Morgan fingerprint density at radius 2 is 2.15 bits per heavy atom. The molecule has 20 heavy (non-hydrogen) atoms. The predicted octanol–water partition coefficient (Wildman–Crippen LogP) is 4.87. The lowest BCUT2D eigenvalue weighted by Gasteiger charge is -2.21. The fourth-order valence-corrected chi connectivity index (χ4v) is 3.14. The fraction of sp³-hybridized carbons (Fsp3) is 0.412. The second kappa shape index (κ2) is 7.55. The van der Waals surface area contributed by atoms with Crippen molar-refractivity contribution < 1.29 is 4.39 Å². The number of benzene rings is 1. The van der Waals surface area contributed by atoms with Crippen molar-refractivity contribution in [2.24, 2.45) is 0 Å². The van der Waals surface area contributed by atoms with Gasteiger partial charge < -0.3 is 5.32 Å². The molecule has 1 heterocycles. The van der Waals surface area contributed by atoms with Gasteiger partial charge in [0, 0.05) is 10.9 Å². The van der Waals surface area contributed by atoms with Crippen LogP contribution in [0.3, 0.4) is 0 Å². The predicted molar refractivity (Wildman–Crippen MR) is 84.8 cm³/mol. The summed E-state index contributed by atoms with van der Waals surface area (Å²) in [7, 11) is 0. The molecule has 2 rings (SSSR count). The highest BCUT2D eigenvalue weighted by molar-refractivity contribution is 7.09. The summed E-state index contributed by atoms with van der Waals surface area (Å²) in [5.74, 6) is -0.148. The van der Waals surface area contributed by atoms with Crippen LogP contribution >= 0.6 is 11.3 Å². The van der Waals surface area contributed by atoms with Crippen LogP contribution < -0.4 is 5.32 Å². The van der Waals surface area contributed by atoms with E-state index in [0.717, 1.165) is 36.9 Å². The monoisotopic (exact) mass is 291 g/mol. The number of hydrogen-bond donors (Lipinski definition) is 1. The number of thiophene rings is 1. The molecule has 0 radical (unpaired) electrons. The Kier molecular flexibility index (Phi) is 5.74. The van der Waals surface area contributed by atoms with E-state index in [2.05, 4.69) is 36.7 Å². The second-order valence-corrected chi connectivity index (χ2v) is 6.16. The molecule has 0 aliphatic rings. The van der Waals surface area contributed by atoms with Crippen LogP contribution in [0.15, 0.2) is 35.7 Å². The number of hydrogen-bond acceptors (Lipinski definition) is 2. The lowest BCUT2D eigenvalue weighted by Crippen LogP contribution is -2.23. The third kappa shape index (κ3) is 4.15. The van der Waals surface area contributed by atoms with Crippen molar-refractivity contribution >= 4 is 11.3 Å². The maximum Gasteiger partial charge on any atom is 0.123 e. The van der Waals surface area contributed by atoms with Crippen molar-refractivity contribution in [2.45, 2.75) is 39.2 Å². The molecule has 0 aliphatic carbocycles. The summed E-state index contributed by atoms with van der Waals surface area (Å²) in [6.45, 7) is 5.17. The quantitative estimate of drug-likeness (QED) is 0.767. The van der Waals surface area contributed by atoms with Gasteiger partial charge in [-0.3, -0.25) is 0 Å². The first kappa shape index (κ1) is 15.2. The van der Waals surface area contributed by atoms with E-state index < -0.39 is 0 Å². The highest BCUT2D eigenvalue weighted by atomic mass is 32.1. The minimum Gasteiger partial charge on any atom is -0.310 e. The standard InChI is InChI=1S/C17H22FNS/c1-3-10-19-17(9-8-15-5-4-11-20-15)16-12-14(18)7-6-13(16)2/h4-7,11-12,17,19H,3,8-10H2,1-2H3. The summed E-state index contributed by atoms with van der Waals surface area (Å²) in [5.41, 5.74) is 2.25. The summed E-state index contributed by atoms with van der Waals surface area (Å²) in [6, 6.07) is 9.57. The Morgan fingerprint density at radius 1 is 1.30 bits per heavy atom. The lowest BCUT2D eigenvalue weighted by molar-refractivity contribution is 0.495. The van der Waals surface area contributed by atoms with Crippen molar-refractivity contribution in [1.82, 2.24) is 5.32 Å². The van der Waals surface area contributed by atoms with Gasteiger partial charge in [0.1, 0.15) is 5.82 Å². The molecule has 0 saturated carbocycles. The molecule has 0 fully saturated rings. The molecule has 1 aromatic carbocycles. The molecule has 1 atom stereocenters. The van der Waals surface area contributed by atoms with E-state index in [1.54, 1.807) is 17.4 Å². The zero-order chi connectivity index (χ0) is 14.4. The van der Waals surface area contributed by atoms with Gasteiger partial charge in [-0.15, -0.1) is 11.3 Å². The smallest absolute Gasteiger partial charge is 0.123 e. The number of aryl methyl sites for hydroxylation is 2. The highest BCUT2D eigenvalue weighted by Gasteiger charge is 2.14. The van der Waals surface area contributed by atoms with E-state index >= 15 is 0 Å². The topological polar surface area (TPSA) is 12.0 Å². The number of halogens is 1.